The number of aliphatic hydroxyl groups excluding tert-OH is 1. The standard InChI is InChI=1S/C16H22N2O2/c1-12(19)15-7-6-13(10-17)9-16(15)18(2)11-14-5-3-4-8-20-14/h6-7,9,12,14,19H,3-5,8,11H2,1-2H3/t12-,14?/m0/s1. The van der Waals surface area contributed by atoms with Crippen molar-refractivity contribution in [1.29, 1.82) is 5.26 Å². The van der Waals surface area contributed by atoms with Gasteiger partial charge in [0.05, 0.1) is 23.8 Å². The summed E-state index contributed by atoms with van der Waals surface area (Å²) in [7, 11) is 1.99. The van der Waals surface area contributed by atoms with Gasteiger partial charge in [0, 0.05) is 31.5 Å². The summed E-state index contributed by atoms with van der Waals surface area (Å²) in [4.78, 5) is 2.08. The molecular formula is C16H22N2O2. The Morgan fingerprint density at radius 3 is 2.90 bits per heavy atom. The van der Waals surface area contributed by atoms with Crippen molar-refractivity contribution in [1.82, 2.24) is 0 Å². The van der Waals surface area contributed by atoms with Crippen LogP contribution in [0.25, 0.3) is 0 Å². The molecule has 0 aromatic heterocycles. The van der Waals surface area contributed by atoms with Crippen molar-refractivity contribution < 1.29 is 9.84 Å². The van der Waals surface area contributed by atoms with Gasteiger partial charge in [-0.2, -0.15) is 5.26 Å². The van der Waals surface area contributed by atoms with Crippen molar-refractivity contribution in [3.05, 3.63) is 29.3 Å². The van der Waals surface area contributed by atoms with E-state index in [1.807, 2.05) is 19.2 Å². The largest absolute Gasteiger partial charge is 0.389 e. The maximum absolute atomic E-state index is 9.88. The number of ether oxygens (including phenoxy) is 1. The maximum atomic E-state index is 9.88. The molecule has 1 aromatic carbocycles. The lowest BCUT2D eigenvalue weighted by Gasteiger charge is -2.30. The number of aliphatic hydroxyl groups is 1. The van der Waals surface area contributed by atoms with E-state index >= 15 is 0 Å². The number of nitriles is 1. The molecule has 1 aliphatic rings. The zero-order chi connectivity index (χ0) is 14.5. The van der Waals surface area contributed by atoms with Gasteiger partial charge in [0.15, 0.2) is 0 Å². The van der Waals surface area contributed by atoms with Crippen LogP contribution in [0.5, 0.6) is 0 Å². The minimum Gasteiger partial charge on any atom is -0.389 e. The Bertz CT molecular complexity index is 488. The third-order valence-electron chi connectivity index (χ3n) is 3.77. The average molecular weight is 274 g/mol. The molecule has 4 nitrogen and oxygen atoms in total. The summed E-state index contributed by atoms with van der Waals surface area (Å²) in [5.74, 6) is 0. The maximum Gasteiger partial charge on any atom is 0.0992 e. The molecule has 0 aliphatic carbocycles. The van der Waals surface area contributed by atoms with Crippen LogP contribution in [0, 0.1) is 11.3 Å². The van der Waals surface area contributed by atoms with Crippen LogP contribution >= 0.6 is 0 Å². The van der Waals surface area contributed by atoms with Gasteiger partial charge in [0.25, 0.3) is 0 Å². The molecule has 0 amide bonds. The van der Waals surface area contributed by atoms with Gasteiger partial charge in [-0.05, 0) is 38.3 Å². The lowest BCUT2D eigenvalue weighted by atomic mass is 10.0. The minimum absolute atomic E-state index is 0.237. The third kappa shape index (κ3) is 3.50. The summed E-state index contributed by atoms with van der Waals surface area (Å²) in [6.07, 6.45) is 3.11. The van der Waals surface area contributed by atoms with Crippen molar-refractivity contribution in [2.24, 2.45) is 0 Å². The number of benzene rings is 1. The number of rotatable bonds is 4. The van der Waals surface area contributed by atoms with Gasteiger partial charge in [-0.15, -0.1) is 0 Å². The Kier molecular flexibility index (Phi) is 4.99. The van der Waals surface area contributed by atoms with Crippen molar-refractivity contribution in [3.8, 4) is 6.07 Å². The topological polar surface area (TPSA) is 56.5 Å². The zero-order valence-corrected chi connectivity index (χ0v) is 12.2. The third-order valence-corrected chi connectivity index (χ3v) is 3.77. The van der Waals surface area contributed by atoms with Crippen LogP contribution in [-0.2, 0) is 4.74 Å². The monoisotopic (exact) mass is 274 g/mol. The van der Waals surface area contributed by atoms with Gasteiger partial charge < -0.3 is 14.7 Å². The van der Waals surface area contributed by atoms with Crippen LogP contribution in [0.15, 0.2) is 18.2 Å². The van der Waals surface area contributed by atoms with Gasteiger partial charge in [-0.3, -0.25) is 0 Å². The molecule has 1 heterocycles. The Balaban J connectivity index is 2.18. The van der Waals surface area contributed by atoms with Crippen LogP contribution in [0.4, 0.5) is 5.69 Å². The van der Waals surface area contributed by atoms with Crippen LogP contribution in [0.3, 0.4) is 0 Å². The van der Waals surface area contributed by atoms with Crippen LogP contribution in [-0.4, -0.2) is 31.4 Å². The quantitative estimate of drug-likeness (QED) is 0.917. The summed E-state index contributed by atoms with van der Waals surface area (Å²) in [6.45, 7) is 3.37. The van der Waals surface area contributed by atoms with Crippen LogP contribution < -0.4 is 4.90 Å². The number of nitrogens with zero attached hydrogens (tertiary/aromatic N) is 2. The fourth-order valence-electron chi connectivity index (χ4n) is 2.65. The highest BCUT2D eigenvalue weighted by molar-refractivity contribution is 5.58. The molecule has 2 rings (SSSR count). The molecule has 1 aliphatic heterocycles. The lowest BCUT2D eigenvalue weighted by molar-refractivity contribution is 0.0215. The second kappa shape index (κ2) is 6.74. The number of hydrogen-bond acceptors (Lipinski definition) is 4. The lowest BCUT2D eigenvalue weighted by Crippen LogP contribution is -2.34. The molecule has 0 saturated carbocycles. The fraction of sp³-hybridized carbons (Fsp3) is 0.562. The molecule has 0 bridgehead atoms. The van der Waals surface area contributed by atoms with Gasteiger partial charge >= 0.3 is 0 Å². The van der Waals surface area contributed by atoms with Gasteiger partial charge in [-0.1, -0.05) is 6.07 Å². The Morgan fingerprint density at radius 2 is 2.30 bits per heavy atom. The van der Waals surface area contributed by atoms with E-state index in [2.05, 4.69) is 11.0 Å². The van der Waals surface area contributed by atoms with Crippen molar-refractivity contribution >= 4 is 5.69 Å². The second-order valence-electron chi connectivity index (χ2n) is 5.43. The first-order valence-corrected chi connectivity index (χ1v) is 7.16. The molecule has 2 atom stereocenters. The molecule has 1 fully saturated rings. The van der Waals surface area contributed by atoms with E-state index in [1.54, 1.807) is 13.0 Å². The Morgan fingerprint density at radius 1 is 1.50 bits per heavy atom. The summed E-state index contributed by atoms with van der Waals surface area (Å²) >= 11 is 0. The second-order valence-corrected chi connectivity index (χ2v) is 5.43. The first kappa shape index (κ1) is 14.8. The van der Waals surface area contributed by atoms with E-state index in [4.69, 9.17) is 10.00 Å². The Labute approximate surface area is 120 Å². The van der Waals surface area contributed by atoms with E-state index in [-0.39, 0.29) is 6.10 Å². The number of hydrogen-bond donors (Lipinski definition) is 1. The molecule has 1 unspecified atom stereocenters. The van der Waals surface area contributed by atoms with Gasteiger partial charge in [0.1, 0.15) is 0 Å². The van der Waals surface area contributed by atoms with E-state index < -0.39 is 6.10 Å². The van der Waals surface area contributed by atoms with E-state index in [0.717, 1.165) is 37.2 Å². The van der Waals surface area contributed by atoms with Crippen LogP contribution in [0.1, 0.15) is 43.4 Å². The first-order chi connectivity index (χ1) is 9.61. The molecule has 1 aromatic rings. The van der Waals surface area contributed by atoms with Crippen molar-refractivity contribution in [2.75, 3.05) is 25.1 Å². The van der Waals surface area contributed by atoms with Gasteiger partial charge in [-0.25, -0.2) is 0 Å². The number of anilines is 1. The SMILES string of the molecule is C[C@H](O)c1ccc(C#N)cc1N(C)CC1CCCCO1. The van der Waals surface area contributed by atoms with E-state index in [0.29, 0.717) is 5.56 Å². The minimum atomic E-state index is -0.549. The molecule has 108 valence electrons. The summed E-state index contributed by atoms with van der Waals surface area (Å²) in [5.41, 5.74) is 2.37. The summed E-state index contributed by atoms with van der Waals surface area (Å²) in [5, 5.41) is 18.9. The normalized spacial score (nSPS) is 20.2. The average Bonchev–Trinajstić information content (AvgIpc) is 2.47. The molecule has 0 spiro atoms. The molecule has 1 N–H and O–H groups in total. The highest BCUT2D eigenvalue weighted by Gasteiger charge is 2.19. The predicted octanol–water partition coefficient (Wildman–Crippen LogP) is 2.62. The molecule has 0 radical (unpaired) electrons. The first-order valence-electron chi connectivity index (χ1n) is 7.16. The summed E-state index contributed by atoms with van der Waals surface area (Å²) in [6, 6.07) is 7.57. The smallest absolute Gasteiger partial charge is 0.0992 e. The Hall–Kier alpha value is -1.57. The highest BCUT2D eigenvalue weighted by atomic mass is 16.5. The van der Waals surface area contributed by atoms with Crippen molar-refractivity contribution in [2.45, 2.75) is 38.4 Å². The van der Waals surface area contributed by atoms with Crippen molar-refractivity contribution in [3.63, 3.8) is 0 Å². The number of likely N-dealkylation sites (N-methyl/N-ethyl adjacent to an activating group) is 1. The van der Waals surface area contributed by atoms with Crippen LogP contribution in [0.2, 0.25) is 0 Å². The summed E-state index contributed by atoms with van der Waals surface area (Å²) < 4.78 is 5.76. The van der Waals surface area contributed by atoms with E-state index in [1.165, 1.54) is 6.42 Å². The van der Waals surface area contributed by atoms with Gasteiger partial charge in [0.2, 0.25) is 0 Å². The fourth-order valence-corrected chi connectivity index (χ4v) is 2.65. The predicted molar refractivity (Wildman–Crippen MR) is 78.7 cm³/mol. The highest BCUT2D eigenvalue weighted by Crippen LogP contribution is 2.28. The zero-order valence-electron chi connectivity index (χ0n) is 12.2. The molecule has 20 heavy (non-hydrogen) atoms. The molecule has 1 saturated heterocycles. The van der Waals surface area contributed by atoms with E-state index in [9.17, 15) is 5.11 Å². The molecular weight excluding hydrogens is 252 g/mol. The molecule has 4 heteroatoms.